The van der Waals surface area contributed by atoms with E-state index in [0.717, 1.165) is 11.9 Å². The number of nitrogens with one attached hydrogen (secondary N) is 2. The Morgan fingerprint density at radius 3 is 2.67 bits per heavy atom. The first-order valence-corrected chi connectivity index (χ1v) is 9.22. The number of aromatic amines is 1. The van der Waals surface area contributed by atoms with Crippen LogP contribution < -0.4 is 10.9 Å². The average molecular weight is 399 g/mol. The summed E-state index contributed by atoms with van der Waals surface area (Å²) in [6.07, 6.45) is 4.36. The fourth-order valence-electron chi connectivity index (χ4n) is 2.99. The summed E-state index contributed by atoms with van der Waals surface area (Å²) in [6.45, 7) is 0.633. The minimum Gasteiger partial charge on any atom is -0.382 e. The Bertz CT molecular complexity index is 1150. The molecule has 0 aliphatic heterocycles. The first kappa shape index (κ1) is 17.6. The molecule has 0 unspecified atom stereocenters. The third-order valence-electron chi connectivity index (χ3n) is 4.37. The van der Waals surface area contributed by atoms with E-state index in [1.54, 1.807) is 30.5 Å². The SMILES string of the molecule is O=c1c(Cl)c(NCCc2c[nH]c3ccccc23)cnn1-c1ccc(Cl)cc1. The number of halogens is 2. The van der Waals surface area contributed by atoms with Crippen LogP contribution in [0.5, 0.6) is 0 Å². The summed E-state index contributed by atoms with van der Waals surface area (Å²) in [7, 11) is 0. The van der Waals surface area contributed by atoms with Gasteiger partial charge in [0.05, 0.1) is 17.6 Å². The van der Waals surface area contributed by atoms with E-state index in [4.69, 9.17) is 23.2 Å². The zero-order valence-electron chi connectivity index (χ0n) is 14.2. The highest BCUT2D eigenvalue weighted by atomic mass is 35.5. The van der Waals surface area contributed by atoms with E-state index in [2.05, 4.69) is 21.5 Å². The largest absolute Gasteiger partial charge is 0.382 e. The van der Waals surface area contributed by atoms with Gasteiger partial charge in [-0.25, -0.2) is 0 Å². The molecule has 0 atom stereocenters. The zero-order valence-corrected chi connectivity index (χ0v) is 15.8. The first-order chi connectivity index (χ1) is 13.1. The zero-order chi connectivity index (χ0) is 18.8. The van der Waals surface area contributed by atoms with Crippen molar-refractivity contribution in [3.05, 3.63) is 86.9 Å². The molecule has 0 bridgehead atoms. The highest BCUT2D eigenvalue weighted by Crippen LogP contribution is 2.20. The molecule has 0 radical (unpaired) electrons. The minimum atomic E-state index is -0.379. The number of para-hydroxylation sites is 1. The van der Waals surface area contributed by atoms with Gasteiger partial charge in [0.1, 0.15) is 5.02 Å². The predicted octanol–water partition coefficient (Wildman–Crippen LogP) is 4.68. The number of hydrogen-bond acceptors (Lipinski definition) is 3. The van der Waals surface area contributed by atoms with Crippen molar-refractivity contribution >= 4 is 39.8 Å². The van der Waals surface area contributed by atoms with Crippen LogP contribution in [0.3, 0.4) is 0 Å². The molecule has 4 rings (SSSR count). The molecule has 0 spiro atoms. The molecule has 2 aromatic heterocycles. The van der Waals surface area contributed by atoms with Crippen molar-refractivity contribution in [2.75, 3.05) is 11.9 Å². The summed E-state index contributed by atoms with van der Waals surface area (Å²) in [5.41, 5.74) is 3.06. The molecule has 0 aliphatic carbocycles. The molecule has 2 N–H and O–H groups in total. The van der Waals surface area contributed by atoms with Crippen LogP contribution in [0.4, 0.5) is 5.69 Å². The molecule has 0 aliphatic rings. The van der Waals surface area contributed by atoms with Crippen LogP contribution in [0.25, 0.3) is 16.6 Å². The lowest BCUT2D eigenvalue weighted by Crippen LogP contribution is -2.23. The van der Waals surface area contributed by atoms with E-state index in [0.29, 0.717) is 22.9 Å². The van der Waals surface area contributed by atoms with Crippen LogP contribution in [0, 0.1) is 0 Å². The summed E-state index contributed by atoms with van der Waals surface area (Å²) >= 11 is 12.2. The second-order valence-electron chi connectivity index (χ2n) is 6.10. The molecule has 0 fully saturated rings. The second kappa shape index (κ2) is 7.47. The van der Waals surface area contributed by atoms with Crippen molar-refractivity contribution in [1.29, 1.82) is 0 Å². The molecule has 5 nitrogen and oxygen atoms in total. The van der Waals surface area contributed by atoms with Gasteiger partial charge in [-0.1, -0.05) is 41.4 Å². The van der Waals surface area contributed by atoms with Crippen molar-refractivity contribution in [1.82, 2.24) is 14.8 Å². The summed E-state index contributed by atoms with van der Waals surface area (Å²) in [6, 6.07) is 15.0. The van der Waals surface area contributed by atoms with Gasteiger partial charge in [0.15, 0.2) is 0 Å². The van der Waals surface area contributed by atoms with Gasteiger partial charge in [0, 0.05) is 28.7 Å². The van der Waals surface area contributed by atoms with Gasteiger partial charge < -0.3 is 10.3 Å². The maximum atomic E-state index is 12.5. The lowest BCUT2D eigenvalue weighted by Gasteiger charge is -2.10. The van der Waals surface area contributed by atoms with Crippen LogP contribution in [-0.2, 0) is 6.42 Å². The normalized spacial score (nSPS) is 11.0. The molecule has 0 saturated carbocycles. The Kier molecular flexibility index (Phi) is 4.88. The van der Waals surface area contributed by atoms with Gasteiger partial charge >= 0.3 is 0 Å². The number of benzene rings is 2. The number of rotatable bonds is 5. The topological polar surface area (TPSA) is 62.7 Å². The van der Waals surface area contributed by atoms with Gasteiger partial charge in [0.25, 0.3) is 5.56 Å². The van der Waals surface area contributed by atoms with Gasteiger partial charge in [-0.15, -0.1) is 0 Å². The Morgan fingerprint density at radius 1 is 1.07 bits per heavy atom. The number of H-pyrrole nitrogens is 1. The van der Waals surface area contributed by atoms with E-state index in [1.165, 1.54) is 15.6 Å². The average Bonchev–Trinajstić information content (AvgIpc) is 3.09. The smallest absolute Gasteiger partial charge is 0.292 e. The molecular formula is C20H16Cl2N4O. The van der Waals surface area contributed by atoms with E-state index in [-0.39, 0.29) is 10.6 Å². The van der Waals surface area contributed by atoms with Gasteiger partial charge in [-0.3, -0.25) is 4.79 Å². The van der Waals surface area contributed by atoms with E-state index < -0.39 is 0 Å². The standard InChI is InChI=1S/C20H16Cl2N4O/c21-14-5-7-15(8-6-14)26-20(27)19(22)18(12-25-26)23-10-9-13-11-24-17-4-2-1-3-16(13)17/h1-8,11-12,23-24H,9-10H2. The minimum absolute atomic E-state index is 0.110. The maximum Gasteiger partial charge on any atom is 0.292 e. The highest BCUT2D eigenvalue weighted by Gasteiger charge is 2.11. The number of anilines is 1. The molecule has 0 amide bonds. The van der Waals surface area contributed by atoms with Crippen molar-refractivity contribution in [2.24, 2.45) is 0 Å². The molecule has 0 saturated heterocycles. The molecule has 27 heavy (non-hydrogen) atoms. The summed E-state index contributed by atoms with van der Waals surface area (Å²) < 4.78 is 1.25. The quantitative estimate of drug-likeness (QED) is 0.513. The number of aromatic nitrogens is 3. The molecule has 2 aromatic carbocycles. The van der Waals surface area contributed by atoms with Crippen LogP contribution in [0.1, 0.15) is 5.56 Å². The van der Waals surface area contributed by atoms with Crippen LogP contribution in [0.15, 0.2) is 65.7 Å². The molecule has 7 heteroatoms. The Morgan fingerprint density at radius 2 is 1.85 bits per heavy atom. The first-order valence-electron chi connectivity index (χ1n) is 8.46. The summed E-state index contributed by atoms with van der Waals surface area (Å²) in [5, 5.41) is 9.31. The monoisotopic (exact) mass is 398 g/mol. The number of fused-ring (bicyclic) bond motifs is 1. The Labute approximate surface area is 165 Å². The van der Waals surface area contributed by atoms with Crippen molar-refractivity contribution in [2.45, 2.75) is 6.42 Å². The fourth-order valence-corrected chi connectivity index (χ4v) is 3.31. The lowest BCUT2D eigenvalue weighted by molar-refractivity contribution is 0.807. The van der Waals surface area contributed by atoms with Crippen molar-refractivity contribution in [3.8, 4) is 5.69 Å². The predicted molar refractivity (Wildman–Crippen MR) is 110 cm³/mol. The van der Waals surface area contributed by atoms with Crippen LogP contribution in [0.2, 0.25) is 10.0 Å². The fraction of sp³-hybridized carbons (Fsp3) is 0.100. The van der Waals surface area contributed by atoms with Gasteiger partial charge in [-0.05, 0) is 42.3 Å². The number of hydrogen-bond donors (Lipinski definition) is 2. The van der Waals surface area contributed by atoms with E-state index >= 15 is 0 Å². The summed E-state index contributed by atoms with van der Waals surface area (Å²) in [4.78, 5) is 15.8. The lowest BCUT2D eigenvalue weighted by atomic mass is 10.1. The van der Waals surface area contributed by atoms with E-state index in [9.17, 15) is 4.79 Å². The maximum absolute atomic E-state index is 12.5. The molecular weight excluding hydrogens is 383 g/mol. The third-order valence-corrected chi connectivity index (χ3v) is 4.99. The molecule has 2 heterocycles. The Hall–Kier alpha value is -2.76. The van der Waals surface area contributed by atoms with Gasteiger partial charge in [0.2, 0.25) is 0 Å². The van der Waals surface area contributed by atoms with Crippen LogP contribution in [-0.4, -0.2) is 21.3 Å². The van der Waals surface area contributed by atoms with E-state index in [1.807, 2.05) is 24.4 Å². The van der Waals surface area contributed by atoms with Crippen molar-refractivity contribution < 1.29 is 0 Å². The highest BCUT2D eigenvalue weighted by molar-refractivity contribution is 6.33. The Balaban J connectivity index is 1.50. The summed E-state index contributed by atoms with van der Waals surface area (Å²) in [5.74, 6) is 0. The third kappa shape index (κ3) is 3.56. The molecule has 136 valence electrons. The van der Waals surface area contributed by atoms with Crippen LogP contribution >= 0.6 is 23.2 Å². The van der Waals surface area contributed by atoms with Crippen molar-refractivity contribution in [3.63, 3.8) is 0 Å². The molecule has 4 aromatic rings. The number of nitrogens with zero attached hydrogens (tertiary/aromatic N) is 2. The second-order valence-corrected chi connectivity index (χ2v) is 6.92. The van der Waals surface area contributed by atoms with Gasteiger partial charge in [-0.2, -0.15) is 9.78 Å².